The zero-order chi connectivity index (χ0) is 19.5. The summed E-state index contributed by atoms with van der Waals surface area (Å²) < 4.78 is 10.7. The van der Waals surface area contributed by atoms with Gasteiger partial charge in [-0.3, -0.25) is 4.79 Å². The minimum absolute atomic E-state index is 0.106. The van der Waals surface area contributed by atoms with Crippen LogP contribution < -0.4 is 9.47 Å². The second kappa shape index (κ2) is 10.7. The van der Waals surface area contributed by atoms with Crippen molar-refractivity contribution in [3.8, 4) is 11.5 Å². The second-order valence-corrected chi connectivity index (χ2v) is 5.64. The van der Waals surface area contributed by atoms with Crippen molar-refractivity contribution >= 4 is 17.9 Å². The third-order valence-electron chi connectivity index (χ3n) is 3.56. The molecule has 0 radical (unpaired) electrons. The van der Waals surface area contributed by atoms with Crippen molar-refractivity contribution in [3.63, 3.8) is 0 Å². The molecule has 0 saturated heterocycles. The van der Waals surface area contributed by atoms with Crippen LogP contribution in [-0.2, 0) is 4.79 Å². The molecule has 0 atom stereocenters. The molecule has 0 saturated carbocycles. The van der Waals surface area contributed by atoms with Gasteiger partial charge in [-0.05, 0) is 61.4 Å². The molecular weight excluding hydrogens is 340 g/mol. The Balaban J connectivity index is 1.92. The Morgan fingerprint density at radius 1 is 0.815 bits per heavy atom. The zero-order valence-corrected chi connectivity index (χ0v) is 15.6. The molecule has 0 aromatic heterocycles. The van der Waals surface area contributed by atoms with Gasteiger partial charge in [0.25, 0.3) is 0 Å². The van der Waals surface area contributed by atoms with Crippen molar-refractivity contribution in [2.24, 2.45) is 0 Å². The fraction of sp³-hybridized carbons (Fsp3) is 0.174. The number of ketones is 1. The Hall–Kier alpha value is -3.27. The molecule has 1 N–H and O–H groups in total. The third-order valence-corrected chi connectivity index (χ3v) is 3.56. The van der Waals surface area contributed by atoms with Gasteiger partial charge in [0.2, 0.25) is 0 Å². The zero-order valence-electron chi connectivity index (χ0n) is 15.6. The van der Waals surface area contributed by atoms with Crippen molar-refractivity contribution < 1.29 is 19.4 Å². The molecule has 0 amide bonds. The van der Waals surface area contributed by atoms with Gasteiger partial charge >= 0.3 is 0 Å². The third kappa shape index (κ3) is 7.24. The number of carbonyl (C=O) groups excluding carboxylic acids is 1. The standard InChI is InChI=1S/C23H24O4/c1-3-26-22-13-7-18(8-14-22)5-11-20(24)17-21(25)12-6-19-9-15-23(16-10-19)27-4-2/h5-17,24H,3-4H2,1-2H3/b11-5+,12-6+,20-17-. The van der Waals surface area contributed by atoms with Crippen LogP contribution in [0.15, 0.2) is 72.5 Å². The lowest BCUT2D eigenvalue weighted by Gasteiger charge is -2.02. The van der Waals surface area contributed by atoms with E-state index in [1.165, 1.54) is 18.2 Å². The first-order valence-electron chi connectivity index (χ1n) is 8.87. The quantitative estimate of drug-likeness (QED) is 0.376. The van der Waals surface area contributed by atoms with Gasteiger partial charge in [-0.1, -0.05) is 36.4 Å². The van der Waals surface area contributed by atoms with Gasteiger partial charge in [-0.2, -0.15) is 0 Å². The van der Waals surface area contributed by atoms with Gasteiger partial charge in [0.05, 0.1) is 13.2 Å². The predicted octanol–water partition coefficient (Wildman–Crippen LogP) is 5.22. The summed E-state index contributed by atoms with van der Waals surface area (Å²) in [5.41, 5.74) is 1.78. The van der Waals surface area contributed by atoms with Gasteiger partial charge in [0.15, 0.2) is 5.78 Å². The van der Waals surface area contributed by atoms with Crippen LogP contribution in [0.5, 0.6) is 11.5 Å². The number of aliphatic hydroxyl groups excluding tert-OH is 1. The van der Waals surface area contributed by atoms with Crippen LogP contribution in [0, 0.1) is 0 Å². The van der Waals surface area contributed by atoms with Crippen LogP contribution in [0.2, 0.25) is 0 Å². The molecule has 4 nitrogen and oxygen atoms in total. The van der Waals surface area contributed by atoms with Crippen molar-refractivity contribution in [1.29, 1.82) is 0 Å². The molecular formula is C23H24O4. The molecule has 0 aliphatic heterocycles. The molecule has 0 bridgehead atoms. The minimum Gasteiger partial charge on any atom is -0.508 e. The SMILES string of the molecule is CCOc1ccc(/C=C/C(=O)/C=C(O)/C=C/c2ccc(OCC)cc2)cc1. The summed E-state index contributed by atoms with van der Waals surface area (Å²) in [4.78, 5) is 11.9. The highest BCUT2D eigenvalue weighted by Gasteiger charge is 1.96. The lowest BCUT2D eigenvalue weighted by atomic mass is 10.1. The Morgan fingerprint density at radius 3 is 1.70 bits per heavy atom. The number of hydrogen-bond acceptors (Lipinski definition) is 4. The summed E-state index contributed by atoms with van der Waals surface area (Å²) in [6.45, 7) is 5.08. The minimum atomic E-state index is -0.294. The summed E-state index contributed by atoms with van der Waals surface area (Å²) in [6, 6.07) is 14.9. The van der Waals surface area contributed by atoms with Gasteiger partial charge in [0.1, 0.15) is 17.3 Å². The van der Waals surface area contributed by atoms with Crippen molar-refractivity contribution in [3.05, 3.63) is 83.6 Å². The van der Waals surface area contributed by atoms with Crippen LogP contribution in [0.4, 0.5) is 0 Å². The number of hydrogen-bond donors (Lipinski definition) is 1. The van der Waals surface area contributed by atoms with Crippen molar-refractivity contribution in [2.75, 3.05) is 13.2 Å². The van der Waals surface area contributed by atoms with Crippen molar-refractivity contribution in [1.82, 2.24) is 0 Å². The Bertz CT molecular complexity index is 812. The molecule has 0 fully saturated rings. The van der Waals surface area contributed by atoms with E-state index >= 15 is 0 Å². The molecule has 2 aromatic rings. The van der Waals surface area contributed by atoms with E-state index in [-0.39, 0.29) is 11.5 Å². The largest absolute Gasteiger partial charge is 0.508 e. The molecule has 0 aliphatic rings. The normalized spacial score (nSPS) is 11.9. The molecule has 27 heavy (non-hydrogen) atoms. The maximum Gasteiger partial charge on any atom is 0.182 e. The van der Waals surface area contributed by atoms with Gasteiger partial charge < -0.3 is 14.6 Å². The van der Waals surface area contributed by atoms with Gasteiger partial charge in [0, 0.05) is 6.08 Å². The highest BCUT2D eigenvalue weighted by molar-refractivity contribution is 6.02. The Labute approximate surface area is 160 Å². The van der Waals surface area contributed by atoms with E-state index in [1.807, 2.05) is 62.4 Å². The summed E-state index contributed by atoms with van der Waals surface area (Å²) in [5.74, 6) is 1.19. The first-order chi connectivity index (χ1) is 13.1. The Kier molecular flexibility index (Phi) is 7.92. The van der Waals surface area contributed by atoms with E-state index in [0.717, 1.165) is 22.6 Å². The van der Waals surface area contributed by atoms with E-state index in [2.05, 4.69) is 0 Å². The molecule has 0 heterocycles. The number of benzene rings is 2. The molecule has 2 aromatic carbocycles. The average Bonchev–Trinajstić information content (AvgIpc) is 2.67. The summed E-state index contributed by atoms with van der Waals surface area (Å²) in [6.07, 6.45) is 7.49. The van der Waals surface area contributed by atoms with Gasteiger partial charge in [-0.25, -0.2) is 0 Å². The number of rotatable bonds is 9. The first-order valence-corrected chi connectivity index (χ1v) is 8.87. The molecule has 0 aliphatic carbocycles. The van der Waals surface area contributed by atoms with Crippen LogP contribution in [0.1, 0.15) is 25.0 Å². The van der Waals surface area contributed by atoms with Crippen LogP contribution in [0.25, 0.3) is 12.2 Å². The molecule has 4 heteroatoms. The lowest BCUT2D eigenvalue weighted by molar-refractivity contribution is -0.110. The lowest BCUT2D eigenvalue weighted by Crippen LogP contribution is -1.91. The summed E-state index contributed by atoms with van der Waals surface area (Å²) in [7, 11) is 0. The van der Waals surface area contributed by atoms with E-state index in [0.29, 0.717) is 13.2 Å². The second-order valence-electron chi connectivity index (χ2n) is 5.64. The monoisotopic (exact) mass is 364 g/mol. The fourth-order valence-electron chi connectivity index (χ4n) is 2.29. The highest BCUT2D eigenvalue weighted by atomic mass is 16.5. The van der Waals surface area contributed by atoms with Crippen LogP contribution in [0.3, 0.4) is 0 Å². The van der Waals surface area contributed by atoms with E-state index in [4.69, 9.17) is 9.47 Å². The molecule has 2 rings (SSSR count). The smallest absolute Gasteiger partial charge is 0.182 e. The van der Waals surface area contributed by atoms with E-state index < -0.39 is 0 Å². The maximum absolute atomic E-state index is 11.9. The maximum atomic E-state index is 11.9. The van der Waals surface area contributed by atoms with Crippen LogP contribution >= 0.6 is 0 Å². The molecule has 0 spiro atoms. The number of allylic oxidation sites excluding steroid dienone is 3. The van der Waals surface area contributed by atoms with E-state index in [1.54, 1.807) is 12.2 Å². The number of ether oxygens (including phenoxy) is 2. The summed E-state index contributed by atoms with van der Waals surface area (Å²) in [5, 5.41) is 9.89. The van der Waals surface area contributed by atoms with E-state index in [9.17, 15) is 9.90 Å². The number of aliphatic hydroxyl groups is 1. The van der Waals surface area contributed by atoms with Gasteiger partial charge in [-0.15, -0.1) is 0 Å². The van der Waals surface area contributed by atoms with Crippen LogP contribution in [-0.4, -0.2) is 24.1 Å². The Morgan fingerprint density at radius 2 is 1.26 bits per heavy atom. The fourth-order valence-corrected chi connectivity index (χ4v) is 2.29. The molecule has 0 unspecified atom stereocenters. The average molecular weight is 364 g/mol. The van der Waals surface area contributed by atoms with Crippen molar-refractivity contribution in [2.45, 2.75) is 13.8 Å². The predicted molar refractivity (Wildman–Crippen MR) is 109 cm³/mol. The first kappa shape index (κ1) is 20.0. The summed E-state index contributed by atoms with van der Waals surface area (Å²) >= 11 is 0. The molecule has 140 valence electrons. The number of carbonyl (C=O) groups is 1. The topological polar surface area (TPSA) is 55.8 Å². The highest BCUT2D eigenvalue weighted by Crippen LogP contribution is 2.14.